The molecule has 2 aromatic rings. The summed E-state index contributed by atoms with van der Waals surface area (Å²) < 4.78 is 10.8. The van der Waals surface area contributed by atoms with Crippen molar-refractivity contribution >= 4 is 5.69 Å². The Labute approximate surface area is 126 Å². The second-order valence-corrected chi connectivity index (χ2v) is 5.00. The maximum atomic E-state index is 5.76. The highest BCUT2D eigenvalue weighted by Gasteiger charge is 2.04. The number of aromatic nitrogens is 1. The Hall–Kier alpha value is -2.07. The number of hydrogen-bond acceptors (Lipinski definition) is 4. The summed E-state index contributed by atoms with van der Waals surface area (Å²) in [5.74, 6) is 0.854. The normalized spacial score (nSPS) is 10.4. The number of aryl methyl sites for hydroxylation is 2. The molecule has 0 bridgehead atoms. The molecule has 1 heterocycles. The van der Waals surface area contributed by atoms with Crippen molar-refractivity contribution in [3.63, 3.8) is 0 Å². The van der Waals surface area contributed by atoms with E-state index in [4.69, 9.17) is 9.47 Å². The summed E-state index contributed by atoms with van der Waals surface area (Å²) in [6.45, 7) is 5.88. The molecule has 0 fully saturated rings. The van der Waals surface area contributed by atoms with Gasteiger partial charge in [-0.1, -0.05) is 12.1 Å². The van der Waals surface area contributed by atoms with Crippen molar-refractivity contribution < 1.29 is 9.47 Å². The first-order valence-electron chi connectivity index (χ1n) is 7.07. The van der Waals surface area contributed by atoms with Crippen molar-refractivity contribution in [3.05, 3.63) is 53.3 Å². The molecule has 0 saturated carbocycles. The molecule has 21 heavy (non-hydrogen) atoms. The number of hydrogen-bond donors (Lipinski definition) is 1. The predicted molar refractivity (Wildman–Crippen MR) is 84.9 cm³/mol. The van der Waals surface area contributed by atoms with E-state index < -0.39 is 0 Å². The van der Waals surface area contributed by atoms with Gasteiger partial charge in [0.25, 0.3) is 0 Å². The monoisotopic (exact) mass is 286 g/mol. The van der Waals surface area contributed by atoms with Crippen LogP contribution in [0.4, 0.5) is 5.69 Å². The number of nitrogens with one attached hydrogen (secondary N) is 1. The van der Waals surface area contributed by atoms with Gasteiger partial charge in [0, 0.05) is 25.5 Å². The molecule has 0 unspecified atom stereocenters. The molecule has 0 aliphatic rings. The van der Waals surface area contributed by atoms with Gasteiger partial charge in [0.05, 0.1) is 12.3 Å². The number of pyridine rings is 1. The number of nitrogens with zero attached hydrogens (tertiary/aromatic N) is 1. The van der Waals surface area contributed by atoms with Gasteiger partial charge in [0.1, 0.15) is 12.4 Å². The van der Waals surface area contributed by atoms with Crippen LogP contribution < -0.4 is 10.1 Å². The molecule has 1 aromatic heterocycles. The van der Waals surface area contributed by atoms with Gasteiger partial charge in [0.2, 0.25) is 0 Å². The van der Waals surface area contributed by atoms with E-state index in [1.807, 2.05) is 31.3 Å². The molecule has 0 aliphatic heterocycles. The molecular weight excluding hydrogens is 264 g/mol. The fourth-order valence-electron chi connectivity index (χ4n) is 1.93. The maximum Gasteiger partial charge on any atom is 0.142 e. The highest BCUT2D eigenvalue weighted by atomic mass is 16.5. The zero-order valence-corrected chi connectivity index (χ0v) is 12.8. The Morgan fingerprint density at radius 1 is 1.10 bits per heavy atom. The van der Waals surface area contributed by atoms with Crippen molar-refractivity contribution in [1.29, 1.82) is 0 Å². The van der Waals surface area contributed by atoms with Crippen LogP contribution in [0, 0.1) is 13.8 Å². The van der Waals surface area contributed by atoms with Gasteiger partial charge in [0.15, 0.2) is 0 Å². The molecule has 112 valence electrons. The van der Waals surface area contributed by atoms with Crippen LogP contribution in [0.2, 0.25) is 0 Å². The largest absolute Gasteiger partial charge is 0.489 e. The van der Waals surface area contributed by atoms with Crippen LogP contribution in [-0.2, 0) is 11.3 Å². The lowest BCUT2D eigenvalue weighted by atomic mass is 10.2. The minimum atomic E-state index is 0.542. The van der Waals surface area contributed by atoms with Crippen LogP contribution in [0.25, 0.3) is 0 Å². The minimum Gasteiger partial charge on any atom is -0.489 e. The molecular formula is C17H22N2O2. The number of ether oxygens (including phenoxy) is 2. The number of rotatable bonds is 7. The van der Waals surface area contributed by atoms with Gasteiger partial charge in [-0.05, 0) is 43.2 Å². The molecule has 0 amide bonds. The Morgan fingerprint density at radius 3 is 2.67 bits per heavy atom. The van der Waals surface area contributed by atoms with Crippen molar-refractivity contribution in [2.75, 3.05) is 25.6 Å². The van der Waals surface area contributed by atoms with E-state index in [1.54, 1.807) is 7.11 Å². The van der Waals surface area contributed by atoms with Crippen LogP contribution in [0.3, 0.4) is 0 Å². The zero-order valence-electron chi connectivity index (χ0n) is 12.8. The van der Waals surface area contributed by atoms with Crippen molar-refractivity contribution in [2.45, 2.75) is 20.4 Å². The number of benzene rings is 1. The minimum absolute atomic E-state index is 0.542. The fraction of sp³-hybridized carbons (Fsp3) is 0.353. The van der Waals surface area contributed by atoms with E-state index in [1.165, 1.54) is 5.56 Å². The average Bonchev–Trinajstić information content (AvgIpc) is 2.48. The Balaban J connectivity index is 2.02. The van der Waals surface area contributed by atoms with E-state index in [0.29, 0.717) is 13.2 Å². The lowest BCUT2D eigenvalue weighted by molar-refractivity contribution is 0.146. The fourth-order valence-corrected chi connectivity index (χ4v) is 1.93. The Kier molecular flexibility index (Phi) is 5.58. The molecule has 4 heteroatoms. The second-order valence-electron chi connectivity index (χ2n) is 5.00. The lowest BCUT2D eigenvalue weighted by Gasteiger charge is -2.14. The maximum absolute atomic E-state index is 5.76. The van der Waals surface area contributed by atoms with Crippen LogP contribution in [0.1, 0.15) is 16.8 Å². The molecule has 0 atom stereocenters. The first kappa shape index (κ1) is 15.3. The smallest absolute Gasteiger partial charge is 0.142 e. The zero-order chi connectivity index (χ0) is 15.1. The number of methoxy groups -OCH3 is 1. The molecule has 4 nitrogen and oxygen atoms in total. The van der Waals surface area contributed by atoms with Crippen LogP contribution in [0.5, 0.6) is 5.75 Å². The highest BCUT2D eigenvalue weighted by Crippen LogP contribution is 2.26. The van der Waals surface area contributed by atoms with E-state index in [0.717, 1.165) is 29.2 Å². The van der Waals surface area contributed by atoms with Gasteiger partial charge < -0.3 is 14.8 Å². The van der Waals surface area contributed by atoms with Crippen LogP contribution in [0.15, 0.2) is 36.5 Å². The summed E-state index contributed by atoms with van der Waals surface area (Å²) in [6.07, 6.45) is 1.89. The highest BCUT2D eigenvalue weighted by molar-refractivity contribution is 5.57. The topological polar surface area (TPSA) is 43.4 Å². The van der Waals surface area contributed by atoms with Crippen LogP contribution >= 0.6 is 0 Å². The molecule has 1 N–H and O–H groups in total. The first-order valence-corrected chi connectivity index (χ1v) is 7.07. The summed E-state index contributed by atoms with van der Waals surface area (Å²) >= 11 is 0. The van der Waals surface area contributed by atoms with Gasteiger partial charge >= 0.3 is 0 Å². The van der Waals surface area contributed by atoms with Crippen LogP contribution in [-0.4, -0.2) is 25.3 Å². The summed E-state index contributed by atoms with van der Waals surface area (Å²) in [7, 11) is 1.67. The van der Waals surface area contributed by atoms with Gasteiger partial charge in [-0.15, -0.1) is 0 Å². The standard InChI is InChI=1S/C17H22N2O2/c1-13-4-7-16(17(10-13)21-9-8-20-3)19-12-15-6-5-14(2)18-11-15/h4-7,10-11,19H,8-9,12H2,1-3H3. The lowest BCUT2D eigenvalue weighted by Crippen LogP contribution is -2.07. The number of anilines is 1. The summed E-state index contributed by atoms with van der Waals surface area (Å²) in [5.41, 5.74) is 4.32. The molecule has 0 spiro atoms. The van der Waals surface area contributed by atoms with Crippen molar-refractivity contribution in [3.8, 4) is 5.75 Å². The van der Waals surface area contributed by atoms with E-state index >= 15 is 0 Å². The predicted octanol–water partition coefficient (Wildman–Crippen LogP) is 3.34. The molecule has 1 aromatic carbocycles. The molecule has 0 radical (unpaired) electrons. The Morgan fingerprint density at radius 2 is 1.95 bits per heavy atom. The van der Waals surface area contributed by atoms with E-state index in [2.05, 4.69) is 29.4 Å². The second kappa shape index (κ2) is 7.64. The van der Waals surface area contributed by atoms with Crippen molar-refractivity contribution in [2.24, 2.45) is 0 Å². The van der Waals surface area contributed by atoms with Gasteiger partial charge in [-0.25, -0.2) is 0 Å². The molecule has 2 rings (SSSR count). The third-order valence-electron chi connectivity index (χ3n) is 3.14. The molecule has 0 aliphatic carbocycles. The molecule has 0 saturated heterocycles. The Bertz CT molecular complexity index is 568. The quantitative estimate of drug-likeness (QED) is 0.793. The first-order chi connectivity index (χ1) is 10.2. The third-order valence-corrected chi connectivity index (χ3v) is 3.14. The third kappa shape index (κ3) is 4.76. The van der Waals surface area contributed by atoms with Crippen molar-refractivity contribution in [1.82, 2.24) is 4.98 Å². The summed E-state index contributed by atoms with van der Waals surface area (Å²) in [4.78, 5) is 4.30. The SMILES string of the molecule is COCCOc1cc(C)ccc1NCc1ccc(C)nc1. The van der Waals surface area contributed by atoms with E-state index in [-0.39, 0.29) is 0 Å². The van der Waals surface area contributed by atoms with E-state index in [9.17, 15) is 0 Å². The summed E-state index contributed by atoms with van der Waals surface area (Å²) in [6, 6.07) is 10.2. The van der Waals surface area contributed by atoms with Gasteiger partial charge in [-0.3, -0.25) is 4.98 Å². The summed E-state index contributed by atoms with van der Waals surface area (Å²) in [5, 5.41) is 3.40. The average molecular weight is 286 g/mol. The van der Waals surface area contributed by atoms with Gasteiger partial charge in [-0.2, -0.15) is 0 Å².